The Morgan fingerprint density at radius 3 is 2.29 bits per heavy atom. The van der Waals surface area contributed by atoms with E-state index in [0.717, 1.165) is 19.2 Å². The average molecular weight is 545 g/mol. The Bertz CT molecular complexity index is 807. The van der Waals surface area contributed by atoms with E-state index >= 15 is 0 Å². The third-order valence-electron chi connectivity index (χ3n) is 2.93. The summed E-state index contributed by atoms with van der Waals surface area (Å²) in [7, 11) is -3.64. The molecular weight excluding hydrogens is 533 g/mol. The Morgan fingerprint density at radius 2 is 1.67 bits per heavy atom. The maximum Gasteiger partial charge on any atom is 0.263 e. The highest BCUT2D eigenvalue weighted by Crippen LogP contribution is 2.30. The summed E-state index contributed by atoms with van der Waals surface area (Å²) in [5.41, 5.74) is 2.62. The second kappa shape index (κ2) is 6.55. The van der Waals surface area contributed by atoms with Gasteiger partial charge in [0.2, 0.25) is 0 Å². The summed E-state index contributed by atoms with van der Waals surface area (Å²) < 4.78 is 29.9. The number of anilines is 1. The molecule has 1 N–H and O–H groups in total. The first kappa shape index (κ1) is 17.2. The smallest absolute Gasteiger partial charge is 0.263 e. The molecule has 2 aromatic rings. The monoisotopic (exact) mass is 543 g/mol. The fourth-order valence-corrected chi connectivity index (χ4v) is 4.94. The van der Waals surface area contributed by atoms with E-state index in [9.17, 15) is 8.42 Å². The van der Waals surface area contributed by atoms with E-state index in [1.165, 1.54) is 0 Å². The minimum absolute atomic E-state index is 0.204. The predicted molar refractivity (Wildman–Crippen MR) is 101 cm³/mol. The van der Waals surface area contributed by atoms with Crippen LogP contribution >= 0.6 is 54.5 Å². The Kier molecular flexibility index (Phi) is 5.38. The van der Waals surface area contributed by atoms with Crippen LogP contribution in [0.1, 0.15) is 11.1 Å². The van der Waals surface area contributed by atoms with Crippen LogP contribution in [0.15, 0.2) is 44.2 Å². The molecule has 0 fully saturated rings. The number of nitrogens with one attached hydrogen (secondary N) is 1. The molecule has 0 atom stereocenters. The minimum Gasteiger partial charge on any atom is -0.280 e. The zero-order chi connectivity index (χ0) is 15.8. The van der Waals surface area contributed by atoms with Crippen molar-refractivity contribution in [1.82, 2.24) is 0 Å². The Hall–Kier alpha value is -0.120. The van der Waals surface area contributed by atoms with Gasteiger partial charge in [-0.25, -0.2) is 8.42 Å². The predicted octanol–water partition coefficient (Wildman–Crippen LogP) is 5.23. The quantitative estimate of drug-likeness (QED) is 0.538. The summed E-state index contributed by atoms with van der Waals surface area (Å²) in [5, 5.41) is 0. The first-order valence-electron chi connectivity index (χ1n) is 5.95. The molecule has 2 rings (SSSR count). The zero-order valence-electron chi connectivity index (χ0n) is 11.2. The topological polar surface area (TPSA) is 46.2 Å². The molecule has 0 bridgehead atoms. The molecule has 21 heavy (non-hydrogen) atoms. The van der Waals surface area contributed by atoms with Crippen LogP contribution < -0.4 is 4.72 Å². The number of sulfonamides is 1. The van der Waals surface area contributed by atoms with E-state index in [0.29, 0.717) is 10.2 Å². The molecule has 0 spiro atoms. The van der Waals surface area contributed by atoms with Gasteiger partial charge in [0, 0.05) is 18.2 Å². The number of hydrogen-bond donors (Lipinski definition) is 1. The van der Waals surface area contributed by atoms with E-state index in [2.05, 4.69) is 59.2 Å². The van der Waals surface area contributed by atoms with Crippen molar-refractivity contribution in [2.45, 2.75) is 18.7 Å². The first-order valence-corrected chi connectivity index (χ1v) is 10.1. The highest BCUT2D eigenvalue weighted by molar-refractivity contribution is 14.1. The lowest BCUT2D eigenvalue weighted by molar-refractivity contribution is 0.600. The molecule has 2 aromatic carbocycles. The van der Waals surface area contributed by atoms with E-state index in [1.807, 2.05) is 26.0 Å². The molecule has 3 nitrogen and oxygen atoms in total. The summed E-state index contributed by atoms with van der Waals surface area (Å²) in [5.74, 6) is 0. The number of rotatable bonds is 3. The van der Waals surface area contributed by atoms with Crippen LogP contribution in [0.2, 0.25) is 0 Å². The summed E-state index contributed by atoms with van der Waals surface area (Å²) in [6.45, 7) is 3.88. The minimum atomic E-state index is -3.64. The van der Waals surface area contributed by atoms with E-state index < -0.39 is 10.0 Å². The Balaban J connectivity index is 2.43. The van der Waals surface area contributed by atoms with Crippen molar-refractivity contribution in [2.75, 3.05) is 4.72 Å². The summed E-state index contributed by atoms with van der Waals surface area (Å²) in [4.78, 5) is 0.204. The van der Waals surface area contributed by atoms with Crippen LogP contribution in [0.3, 0.4) is 0 Å². The lowest BCUT2D eigenvalue weighted by Crippen LogP contribution is -2.14. The largest absolute Gasteiger partial charge is 0.280 e. The molecule has 0 saturated heterocycles. The van der Waals surface area contributed by atoms with Crippen molar-refractivity contribution in [1.29, 1.82) is 0 Å². The molecule has 0 aliphatic heterocycles. The van der Waals surface area contributed by atoms with Gasteiger partial charge in [0.25, 0.3) is 10.0 Å². The van der Waals surface area contributed by atoms with Crippen LogP contribution in [-0.4, -0.2) is 8.42 Å². The number of halogens is 3. The second-order valence-electron chi connectivity index (χ2n) is 4.60. The molecule has 0 aromatic heterocycles. The molecule has 0 aliphatic carbocycles. The first-order chi connectivity index (χ1) is 9.70. The summed E-state index contributed by atoms with van der Waals surface area (Å²) in [6.07, 6.45) is 0. The van der Waals surface area contributed by atoms with Gasteiger partial charge < -0.3 is 0 Å². The van der Waals surface area contributed by atoms with Gasteiger partial charge in [-0.15, -0.1) is 0 Å². The van der Waals surface area contributed by atoms with Crippen LogP contribution in [0.5, 0.6) is 0 Å². The van der Waals surface area contributed by atoms with Crippen LogP contribution in [-0.2, 0) is 10.0 Å². The number of aryl methyl sites for hydroxylation is 2. The maximum absolute atomic E-state index is 12.5. The second-order valence-corrected chi connectivity index (χ2v) is 9.12. The molecule has 0 amide bonds. The maximum atomic E-state index is 12.5. The standard InChI is InChI=1S/C14H12Br2INO2S/c1-8-3-4-10(6-13(8)17)18-21(19,20)14-7-11(15)9(2)5-12(14)16/h3-7,18H,1-2H3. The third-order valence-corrected chi connectivity index (χ3v) is 7.28. The fourth-order valence-electron chi connectivity index (χ4n) is 1.70. The third kappa shape index (κ3) is 4.00. The highest BCUT2D eigenvalue weighted by atomic mass is 127. The van der Waals surface area contributed by atoms with Gasteiger partial charge in [0.15, 0.2) is 0 Å². The lowest BCUT2D eigenvalue weighted by Gasteiger charge is -2.12. The van der Waals surface area contributed by atoms with Crippen LogP contribution in [0, 0.1) is 17.4 Å². The zero-order valence-corrected chi connectivity index (χ0v) is 17.4. The van der Waals surface area contributed by atoms with Gasteiger partial charge in [-0.2, -0.15) is 0 Å². The van der Waals surface area contributed by atoms with Crippen LogP contribution in [0.4, 0.5) is 5.69 Å². The highest BCUT2D eigenvalue weighted by Gasteiger charge is 2.19. The van der Waals surface area contributed by atoms with E-state index in [4.69, 9.17) is 0 Å². The van der Waals surface area contributed by atoms with Crippen molar-refractivity contribution in [3.63, 3.8) is 0 Å². The van der Waals surface area contributed by atoms with Crippen molar-refractivity contribution in [3.8, 4) is 0 Å². The van der Waals surface area contributed by atoms with Crippen molar-refractivity contribution >= 4 is 70.2 Å². The molecule has 112 valence electrons. The van der Waals surface area contributed by atoms with Crippen LogP contribution in [0.25, 0.3) is 0 Å². The van der Waals surface area contributed by atoms with Gasteiger partial charge in [-0.1, -0.05) is 22.0 Å². The molecule has 0 saturated carbocycles. The summed E-state index contributed by atoms with van der Waals surface area (Å²) in [6, 6.07) is 8.83. The average Bonchev–Trinajstić information content (AvgIpc) is 2.37. The van der Waals surface area contributed by atoms with Gasteiger partial charge in [0.05, 0.1) is 0 Å². The van der Waals surface area contributed by atoms with Crippen molar-refractivity contribution in [3.05, 3.63) is 54.0 Å². The van der Waals surface area contributed by atoms with E-state index in [1.54, 1.807) is 18.2 Å². The summed E-state index contributed by atoms with van der Waals surface area (Å²) >= 11 is 8.86. The molecule has 0 radical (unpaired) electrons. The molecule has 7 heteroatoms. The van der Waals surface area contributed by atoms with Gasteiger partial charge >= 0.3 is 0 Å². The molecule has 0 aliphatic rings. The number of hydrogen-bond acceptors (Lipinski definition) is 2. The normalized spacial score (nSPS) is 11.5. The lowest BCUT2D eigenvalue weighted by atomic mass is 10.2. The van der Waals surface area contributed by atoms with E-state index in [-0.39, 0.29) is 4.90 Å². The van der Waals surface area contributed by atoms with Crippen molar-refractivity contribution in [2.24, 2.45) is 0 Å². The Labute approximate surface area is 155 Å². The van der Waals surface area contributed by atoms with Gasteiger partial charge in [-0.3, -0.25) is 4.72 Å². The molecule has 0 heterocycles. The molecular formula is C14H12Br2INO2S. The molecule has 0 unspecified atom stereocenters. The van der Waals surface area contributed by atoms with Crippen molar-refractivity contribution < 1.29 is 8.42 Å². The SMILES string of the molecule is Cc1cc(Br)c(S(=O)(=O)Nc2ccc(C)c(I)c2)cc1Br. The Morgan fingerprint density at radius 1 is 1.00 bits per heavy atom. The number of benzene rings is 2. The van der Waals surface area contributed by atoms with Gasteiger partial charge in [0.1, 0.15) is 4.90 Å². The van der Waals surface area contributed by atoms with Gasteiger partial charge in [-0.05, 0) is 87.8 Å². The fraction of sp³-hybridized carbons (Fsp3) is 0.143.